The highest BCUT2D eigenvalue weighted by molar-refractivity contribution is 7.89. The molecule has 0 radical (unpaired) electrons. The van der Waals surface area contributed by atoms with Crippen LogP contribution in [0.5, 0.6) is 0 Å². The monoisotopic (exact) mass is 476 g/mol. The molecule has 1 heterocycles. The Hall–Kier alpha value is -1.65. The third kappa shape index (κ3) is 6.68. The molecular weight excluding hydrogens is 445 g/mol. The van der Waals surface area contributed by atoms with E-state index in [-0.39, 0.29) is 29.8 Å². The van der Waals surface area contributed by atoms with Crippen LogP contribution >= 0.6 is 0 Å². The van der Waals surface area contributed by atoms with Gasteiger partial charge in [-0.3, -0.25) is 4.79 Å². The summed E-state index contributed by atoms with van der Waals surface area (Å²) in [6.45, 7) is 1.32. The van der Waals surface area contributed by atoms with Crippen molar-refractivity contribution in [2.24, 2.45) is 5.92 Å². The second-order valence-electron chi connectivity index (χ2n) is 8.48. The van der Waals surface area contributed by atoms with Gasteiger partial charge < -0.3 is 10.1 Å². The lowest BCUT2D eigenvalue weighted by atomic mass is 9.97. The molecule has 1 amide bonds. The number of alkyl halides is 3. The normalized spacial score (nSPS) is 19.7. The van der Waals surface area contributed by atoms with Crippen molar-refractivity contribution in [1.82, 2.24) is 9.62 Å². The second-order valence-corrected chi connectivity index (χ2v) is 10.4. The van der Waals surface area contributed by atoms with Crippen molar-refractivity contribution in [1.29, 1.82) is 0 Å². The van der Waals surface area contributed by atoms with E-state index in [1.807, 2.05) is 0 Å². The van der Waals surface area contributed by atoms with E-state index < -0.39 is 21.8 Å². The minimum Gasteiger partial charge on any atom is -0.378 e. The Bertz CT molecular complexity index is 862. The van der Waals surface area contributed by atoms with Crippen molar-refractivity contribution in [3.05, 3.63) is 29.8 Å². The SMILES string of the molecule is O=C(NCCCOC1CCCCC1)C1CCN(S(=O)(=O)c2cccc(C(F)(F)F)c2)CC1. The fourth-order valence-corrected chi connectivity index (χ4v) is 5.77. The third-order valence-corrected chi connectivity index (χ3v) is 8.04. The lowest BCUT2D eigenvalue weighted by molar-refractivity contribution is -0.137. The Morgan fingerprint density at radius 1 is 1.09 bits per heavy atom. The first-order valence-corrected chi connectivity index (χ1v) is 12.7. The van der Waals surface area contributed by atoms with Crippen LogP contribution in [-0.2, 0) is 25.7 Å². The summed E-state index contributed by atoms with van der Waals surface area (Å²) in [4.78, 5) is 12.0. The van der Waals surface area contributed by atoms with E-state index in [1.165, 1.54) is 25.3 Å². The van der Waals surface area contributed by atoms with Crippen LogP contribution in [0.1, 0.15) is 56.9 Å². The maximum atomic E-state index is 12.9. The van der Waals surface area contributed by atoms with E-state index in [9.17, 15) is 26.4 Å². The molecule has 0 atom stereocenters. The lowest BCUT2D eigenvalue weighted by Gasteiger charge is -2.30. The summed E-state index contributed by atoms with van der Waals surface area (Å²) in [6, 6.07) is 3.76. The van der Waals surface area contributed by atoms with Gasteiger partial charge >= 0.3 is 6.18 Å². The number of sulfonamides is 1. The maximum absolute atomic E-state index is 12.9. The molecule has 2 fully saturated rings. The minimum absolute atomic E-state index is 0.0987. The number of piperidine rings is 1. The van der Waals surface area contributed by atoms with E-state index in [0.29, 0.717) is 38.2 Å². The third-order valence-electron chi connectivity index (χ3n) is 6.15. The van der Waals surface area contributed by atoms with Gasteiger partial charge in [0, 0.05) is 32.2 Å². The van der Waals surface area contributed by atoms with E-state index in [0.717, 1.165) is 35.7 Å². The van der Waals surface area contributed by atoms with Gasteiger partial charge in [-0.1, -0.05) is 25.3 Å². The summed E-state index contributed by atoms with van der Waals surface area (Å²) in [5, 5.41) is 2.89. The molecule has 6 nitrogen and oxygen atoms in total. The molecule has 0 spiro atoms. The van der Waals surface area contributed by atoms with E-state index in [2.05, 4.69) is 5.32 Å². The summed E-state index contributed by atoms with van der Waals surface area (Å²) in [5.74, 6) is -0.416. The standard InChI is InChI=1S/C22H31F3N2O4S/c23-22(24,25)18-6-4-9-20(16-18)32(29,30)27-13-10-17(11-14-27)21(28)26-12-5-15-31-19-7-2-1-3-8-19/h4,6,9,16-17,19H,1-3,5,7-8,10-15H2,(H,26,28). The highest BCUT2D eigenvalue weighted by Gasteiger charge is 2.35. The van der Waals surface area contributed by atoms with Crippen LogP contribution in [0.15, 0.2) is 29.2 Å². The summed E-state index contributed by atoms with van der Waals surface area (Å²) in [7, 11) is -4.04. The average Bonchev–Trinajstić information content (AvgIpc) is 2.79. The Kier molecular flexibility index (Phi) is 8.57. The zero-order valence-electron chi connectivity index (χ0n) is 18.1. The average molecular weight is 477 g/mol. The number of benzene rings is 1. The molecular formula is C22H31F3N2O4S. The number of ether oxygens (including phenoxy) is 1. The number of amides is 1. The molecule has 180 valence electrons. The molecule has 1 N–H and O–H groups in total. The minimum atomic E-state index is -4.61. The van der Waals surface area contributed by atoms with Gasteiger partial charge in [0.05, 0.1) is 16.6 Å². The number of carbonyl (C=O) groups excluding carboxylic acids is 1. The Labute approximate surface area is 187 Å². The van der Waals surface area contributed by atoms with E-state index in [4.69, 9.17) is 4.74 Å². The largest absolute Gasteiger partial charge is 0.416 e. The molecule has 1 aliphatic heterocycles. The van der Waals surface area contributed by atoms with Gasteiger partial charge in [-0.15, -0.1) is 0 Å². The van der Waals surface area contributed by atoms with Gasteiger partial charge in [-0.05, 0) is 50.3 Å². The maximum Gasteiger partial charge on any atom is 0.416 e. The topological polar surface area (TPSA) is 75.7 Å². The summed E-state index contributed by atoms with van der Waals surface area (Å²) >= 11 is 0. The van der Waals surface area contributed by atoms with Crippen molar-refractivity contribution < 1.29 is 31.1 Å². The summed E-state index contributed by atoms with van der Waals surface area (Å²) in [5.41, 5.74) is -1.000. The van der Waals surface area contributed by atoms with Gasteiger partial charge in [-0.2, -0.15) is 17.5 Å². The molecule has 2 aliphatic rings. The Balaban J connectivity index is 1.42. The fourth-order valence-electron chi connectivity index (χ4n) is 4.25. The fraction of sp³-hybridized carbons (Fsp3) is 0.682. The molecule has 1 aromatic carbocycles. The van der Waals surface area contributed by atoms with Crippen molar-refractivity contribution in [3.8, 4) is 0 Å². The van der Waals surface area contributed by atoms with E-state index in [1.54, 1.807) is 0 Å². The molecule has 32 heavy (non-hydrogen) atoms. The number of rotatable bonds is 8. The Morgan fingerprint density at radius 3 is 2.44 bits per heavy atom. The van der Waals surface area contributed by atoms with Crippen molar-refractivity contribution >= 4 is 15.9 Å². The first kappa shape index (κ1) is 25.0. The molecule has 0 unspecified atom stereocenters. The predicted molar refractivity (Wildman–Crippen MR) is 113 cm³/mol. The number of nitrogens with zero attached hydrogens (tertiary/aromatic N) is 1. The van der Waals surface area contributed by atoms with Crippen LogP contribution in [0.25, 0.3) is 0 Å². The zero-order valence-corrected chi connectivity index (χ0v) is 18.9. The quantitative estimate of drug-likeness (QED) is 0.577. The van der Waals surface area contributed by atoms with Crippen LogP contribution in [-0.4, -0.2) is 51.0 Å². The number of hydrogen-bond donors (Lipinski definition) is 1. The second kappa shape index (κ2) is 11.0. The zero-order chi connectivity index (χ0) is 23.2. The molecule has 1 aromatic rings. The molecule has 10 heteroatoms. The molecule has 1 saturated carbocycles. The van der Waals surface area contributed by atoms with Gasteiger partial charge in [0.1, 0.15) is 0 Å². The lowest BCUT2D eigenvalue weighted by Crippen LogP contribution is -2.43. The number of carbonyl (C=O) groups is 1. The van der Waals surface area contributed by atoms with Crippen LogP contribution in [0.4, 0.5) is 13.2 Å². The number of nitrogens with one attached hydrogen (secondary N) is 1. The number of hydrogen-bond acceptors (Lipinski definition) is 4. The Morgan fingerprint density at radius 2 is 1.78 bits per heavy atom. The highest BCUT2D eigenvalue weighted by atomic mass is 32.2. The summed E-state index contributed by atoms with van der Waals surface area (Å²) < 4.78 is 71.3. The highest BCUT2D eigenvalue weighted by Crippen LogP contribution is 2.32. The van der Waals surface area contributed by atoms with Crippen LogP contribution in [0.2, 0.25) is 0 Å². The predicted octanol–water partition coefficient (Wildman–Crippen LogP) is 3.96. The first-order chi connectivity index (χ1) is 15.2. The van der Waals surface area contributed by atoms with Crippen LogP contribution in [0.3, 0.4) is 0 Å². The molecule has 1 aliphatic carbocycles. The van der Waals surface area contributed by atoms with Gasteiger partial charge in [-0.25, -0.2) is 8.42 Å². The summed E-state index contributed by atoms with van der Waals surface area (Å²) in [6.07, 6.45) is 3.03. The van der Waals surface area contributed by atoms with Crippen molar-refractivity contribution in [2.75, 3.05) is 26.2 Å². The van der Waals surface area contributed by atoms with Crippen molar-refractivity contribution in [2.45, 2.75) is 68.5 Å². The molecule has 1 saturated heterocycles. The van der Waals surface area contributed by atoms with Gasteiger partial charge in [0.25, 0.3) is 0 Å². The number of halogens is 3. The van der Waals surface area contributed by atoms with Crippen LogP contribution < -0.4 is 5.32 Å². The van der Waals surface area contributed by atoms with Crippen molar-refractivity contribution in [3.63, 3.8) is 0 Å². The smallest absolute Gasteiger partial charge is 0.378 e. The van der Waals surface area contributed by atoms with Gasteiger partial charge in [0.15, 0.2) is 0 Å². The molecule has 0 bridgehead atoms. The molecule has 0 aromatic heterocycles. The molecule has 3 rings (SSSR count). The van der Waals surface area contributed by atoms with Crippen LogP contribution in [0, 0.1) is 5.92 Å². The first-order valence-electron chi connectivity index (χ1n) is 11.2. The van der Waals surface area contributed by atoms with Gasteiger partial charge in [0.2, 0.25) is 15.9 Å². The van der Waals surface area contributed by atoms with E-state index >= 15 is 0 Å².